The Morgan fingerprint density at radius 3 is 2.22 bits per heavy atom. The summed E-state index contributed by atoms with van der Waals surface area (Å²) in [5.41, 5.74) is 2.25. The molecule has 0 spiro atoms. The maximum Gasteiger partial charge on any atom is 0.338 e. The zero-order valence-corrected chi connectivity index (χ0v) is 16.2. The van der Waals surface area contributed by atoms with Gasteiger partial charge in [0.1, 0.15) is 12.3 Å². The van der Waals surface area contributed by atoms with Gasteiger partial charge in [-0.25, -0.2) is 4.79 Å². The molecule has 0 aromatic heterocycles. The van der Waals surface area contributed by atoms with Crippen LogP contribution in [0.5, 0.6) is 5.75 Å². The Labute approximate surface area is 160 Å². The number of hydrogen-bond acceptors (Lipinski definition) is 4. The number of amides is 1. The van der Waals surface area contributed by atoms with Crippen molar-refractivity contribution < 1.29 is 24.0 Å². The van der Waals surface area contributed by atoms with Crippen molar-refractivity contribution in [3.63, 3.8) is 0 Å². The first-order chi connectivity index (χ1) is 12.9. The van der Waals surface area contributed by atoms with Crippen LogP contribution in [0.1, 0.15) is 29.8 Å². The smallest absolute Gasteiger partial charge is 0.338 e. The van der Waals surface area contributed by atoms with Crippen molar-refractivity contribution in [3.05, 3.63) is 59.7 Å². The summed E-state index contributed by atoms with van der Waals surface area (Å²) in [6.45, 7) is 4.68. The molecule has 0 saturated carbocycles. The molecule has 6 nitrogen and oxygen atoms in total. The highest BCUT2D eigenvalue weighted by Gasteiger charge is 2.12. The second-order valence-corrected chi connectivity index (χ2v) is 6.74. The van der Waals surface area contributed by atoms with E-state index < -0.39 is 0 Å². The van der Waals surface area contributed by atoms with Gasteiger partial charge >= 0.3 is 5.97 Å². The molecule has 2 N–H and O–H groups in total. The summed E-state index contributed by atoms with van der Waals surface area (Å²) in [4.78, 5) is 25.1. The van der Waals surface area contributed by atoms with E-state index in [1.165, 1.54) is 0 Å². The quantitative estimate of drug-likeness (QED) is 0.696. The van der Waals surface area contributed by atoms with Crippen LogP contribution < -0.4 is 15.0 Å². The summed E-state index contributed by atoms with van der Waals surface area (Å²) in [5.74, 6) is 0.361. The van der Waals surface area contributed by atoms with Gasteiger partial charge in [-0.3, -0.25) is 4.79 Å². The molecule has 1 amide bonds. The number of anilines is 1. The normalized spacial score (nSPS) is 11.7. The number of carbonyl (C=O) groups excluding carboxylic acids is 2. The molecule has 0 bridgehead atoms. The SMILES string of the molecule is COc1ccc(C[NH+](C)CC(=O)Nc2ccc(C(=O)OC(C)C)cc2)cc1. The van der Waals surface area contributed by atoms with Crippen LogP contribution in [0.15, 0.2) is 48.5 Å². The van der Waals surface area contributed by atoms with Gasteiger partial charge in [-0.1, -0.05) is 0 Å². The van der Waals surface area contributed by atoms with Crippen molar-refractivity contribution in [2.75, 3.05) is 26.0 Å². The van der Waals surface area contributed by atoms with Crippen LogP contribution in [-0.2, 0) is 16.1 Å². The van der Waals surface area contributed by atoms with Crippen LogP contribution in [0, 0.1) is 0 Å². The van der Waals surface area contributed by atoms with E-state index in [9.17, 15) is 9.59 Å². The molecule has 0 heterocycles. The number of nitrogens with one attached hydrogen (secondary N) is 2. The van der Waals surface area contributed by atoms with Gasteiger partial charge in [0.25, 0.3) is 5.91 Å². The third-order valence-corrected chi connectivity index (χ3v) is 3.87. The predicted octanol–water partition coefficient (Wildman–Crippen LogP) is 1.91. The van der Waals surface area contributed by atoms with E-state index in [2.05, 4.69) is 5.32 Å². The molecule has 1 atom stereocenters. The van der Waals surface area contributed by atoms with E-state index >= 15 is 0 Å². The van der Waals surface area contributed by atoms with Crippen molar-refractivity contribution >= 4 is 17.6 Å². The average Bonchev–Trinajstić information content (AvgIpc) is 2.62. The number of likely N-dealkylation sites (N-methyl/N-ethyl adjacent to an activating group) is 1. The fourth-order valence-corrected chi connectivity index (χ4v) is 2.61. The number of esters is 1. The molecule has 144 valence electrons. The zero-order chi connectivity index (χ0) is 19.8. The molecule has 0 saturated heterocycles. The molecule has 0 fully saturated rings. The molecule has 2 aromatic carbocycles. The Kier molecular flexibility index (Phi) is 7.37. The highest BCUT2D eigenvalue weighted by atomic mass is 16.5. The molecule has 0 aliphatic rings. The Morgan fingerprint density at radius 2 is 1.67 bits per heavy atom. The van der Waals surface area contributed by atoms with Gasteiger partial charge in [0.05, 0.1) is 25.8 Å². The summed E-state index contributed by atoms with van der Waals surface area (Å²) < 4.78 is 10.3. The van der Waals surface area contributed by atoms with Crippen LogP contribution >= 0.6 is 0 Å². The van der Waals surface area contributed by atoms with Gasteiger partial charge < -0.3 is 19.7 Å². The van der Waals surface area contributed by atoms with E-state index in [4.69, 9.17) is 9.47 Å². The zero-order valence-electron chi connectivity index (χ0n) is 16.2. The van der Waals surface area contributed by atoms with E-state index in [-0.39, 0.29) is 18.0 Å². The van der Waals surface area contributed by atoms with Gasteiger partial charge in [0.15, 0.2) is 6.54 Å². The fraction of sp³-hybridized carbons (Fsp3) is 0.333. The van der Waals surface area contributed by atoms with Crippen LogP contribution in [0.3, 0.4) is 0 Å². The second kappa shape index (κ2) is 9.73. The van der Waals surface area contributed by atoms with E-state index in [1.54, 1.807) is 45.2 Å². The lowest BCUT2D eigenvalue weighted by atomic mass is 10.2. The Bertz CT molecular complexity index is 755. The molecule has 27 heavy (non-hydrogen) atoms. The minimum Gasteiger partial charge on any atom is -0.497 e. The van der Waals surface area contributed by atoms with Crippen molar-refractivity contribution in [2.45, 2.75) is 26.5 Å². The second-order valence-electron chi connectivity index (χ2n) is 6.74. The van der Waals surface area contributed by atoms with Crippen molar-refractivity contribution in [2.24, 2.45) is 0 Å². The predicted molar refractivity (Wildman–Crippen MR) is 104 cm³/mol. The van der Waals surface area contributed by atoms with E-state index in [1.807, 2.05) is 31.3 Å². The lowest BCUT2D eigenvalue weighted by Crippen LogP contribution is -3.08. The highest BCUT2D eigenvalue weighted by molar-refractivity contribution is 5.93. The number of hydrogen-bond donors (Lipinski definition) is 2. The van der Waals surface area contributed by atoms with E-state index in [0.717, 1.165) is 22.8 Å². The topological polar surface area (TPSA) is 69.1 Å². The van der Waals surface area contributed by atoms with Crippen LogP contribution in [0.2, 0.25) is 0 Å². The number of rotatable bonds is 8. The van der Waals surface area contributed by atoms with Crippen LogP contribution in [-0.4, -0.2) is 38.7 Å². The standard InChI is InChI=1S/C21H26N2O4/c1-15(2)27-21(25)17-7-9-18(10-8-17)22-20(24)14-23(3)13-16-5-11-19(26-4)12-6-16/h5-12,15H,13-14H2,1-4H3,(H,22,24)/p+1. The number of ether oxygens (including phenoxy) is 2. The van der Waals surface area contributed by atoms with Crippen LogP contribution in [0.25, 0.3) is 0 Å². The number of methoxy groups -OCH3 is 1. The molecule has 6 heteroatoms. The lowest BCUT2D eigenvalue weighted by molar-refractivity contribution is -0.885. The van der Waals surface area contributed by atoms with Gasteiger partial charge in [-0.15, -0.1) is 0 Å². The summed E-state index contributed by atoms with van der Waals surface area (Å²) in [7, 11) is 3.60. The maximum absolute atomic E-state index is 12.2. The first kappa shape index (κ1) is 20.5. The third kappa shape index (κ3) is 6.75. The lowest BCUT2D eigenvalue weighted by Gasteiger charge is -2.14. The third-order valence-electron chi connectivity index (χ3n) is 3.87. The molecular weight excluding hydrogens is 344 g/mol. The highest BCUT2D eigenvalue weighted by Crippen LogP contribution is 2.12. The van der Waals surface area contributed by atoms with Crippen molar-refractivity contribution in [1.82, 2.24) is 0 Å². The number of quaternary nitrogens is 1. The first-order valence-electron chi connectivity index (χ1n) is 8.92. The number of benzene rings is 2. The summed E-state index contributed by atoms with van der Waals surface area (Å²) >= 11 is 0. The summed E-state index contributed by atoms with van der Waals surface area (Å²) in [5, 5.41) is 2.85. The summed E-state index contributed by atoms with van der Waals surface area (Å²) in [6.07, 6.45) is -0.166. The Morgan fingerprint density at radius 1 is 1.04 bits per heavy atom. The molecule has 0 radical (unpaired) electrons. The maximum atomic E-state index is 12.2. The average molecular weight is 371 g/mol. The largest absolute Gasteiger partial charge is 0.497 e. The molecule has 0 aliphatic carbocycles. The molecule has 0 aliphatic heterocycles. The Hall–Kier alpha value is -2.86. The molecule has 2 rings (SSSR count). The van der Waals surface area contributed by atoms with Gasteiger partial charge in [-0.2, -0.15) is 0 Å². The van der Waals surface area contributed by atoms with E-state index in [0.29, 0.717) is 17.8 Å². The first-order valence-corrected chi connectivity index (χ1v) is 8.92. The van der Waals surface area contributed by atoms with Crippen LogP contribution in [0.4, 0.5) is 5.69 Å². The minimum absolute atomic E-state index is 0.0847. The minimum atomic E-state index is -0.369. The molecule has 2 aromatic rings. The fourth-order valence-electron chi connectivity index (χ4n) is 2.61. The summed E-state index contributed by atoms with van der Waals surface area (Å²) in [6, 6.07) is 14.5. The number of carbonyl (C=O) groups is 2. The molecule has 1 unspecified atom stereocenters. The van der Waals surface area contributed by atoms with Crippen molar-refractivity contribution in [1.29, 1.82) is 0 Å². The molecular formula is C21H27N2O4+. The van der Waals surface area contributed by atoms with Gasteiger partial charge in [-0.05, 0) is 62.4 Å². The Balaban J connectivity index is 1.84. The van der Waals surface area contributed by atoms with Crippen molar-refractivity contribution in [3.8, 4) is 5.75 Å². The monoisotopic (exact) mass is 371 g/mol. The van der Waals surface area contributed by atoms with Gasteiger partial charge in [0, 0.05) is 11.3 Å². The van der Waals surface area contributed by atoms with Gasteiger partial charge in [0.2, 0.25) is 0 Å².